The first-order valence-corrected chi connectivity index (χ1v) is 53.1. The van der Waals surface area contributed by atoms with Crippen LogP contribution in [-0.2, 0) is 21.7 Å². The fourth-order valence-electron chi connectivity index (χ4n) is 26.8. The Morgan fingerprint density at radius 3 is 0.725 bits per heavy atom. The van der Waals surface area contributed by atoms with Crippen LogP contribution in [0.5, 0.6) is 0 Å². The summed E-state index contributed by atoms with van der Waals surface area (Å²) >= 11 is 0. The molecule has 0 aliphatic heterocycles. The van der Waals surface area contributed by atoms with E-state index >= 15 is 0 Å². The van der Waals surface area contributed by atoms with Gasteiger partial charge in [0.25, 0.3) is 0 Å². The Morgan fingerprint density at radius 1 is 0.121 bits per heavy atom. The van der Waals surface area contributed by atoms with Crippen LogP contribution in [0.15, 0.2) is 455 Å². The number of hydrogen-bond donors (Lipinski definition) is 0. The van der Waals surface area contributed by atoms with E-state index in [0.29, 0.717) is 0 Å². The maximum absolute atomic E-state index is 2.49. The molecule has 25 aromatic carbocycles. The van der Waals surface area contributed by atoms with Crippen LogP contribution in [0.2, 0.25) is 0 Å². The van der Waals surface area contributed by atoms with Gasteiger partial charge in [-0.15, -0.1) is 0 Å². The van der Waals surface area contributed by atoms with E-state index in [0.717, 1.165) is 0 Å². The maximum Gasteiger partial charge on any atom is 0.0159 e. The first-order chi connectivity index (χ1) is 72.5. The van der Waals surface area contributed by atoms with Crippen LogP contribution in [0.4, 0.5) is 0 Å². The van der Waals surface area contributed by atoms with Gasteiger partial charge >= 0.3 is 0 Å². The minimum absolute atomic E-state index is 0.0663. The van der Waals surface area contributed by atoms with Crippen LogP contribution < -0.4 is 0 Å². The highest BCUT2D eigenvalue weighted by atomic mass is 14.5. The van der Waals surface area contributed by atoms with Crippen molar-refractivity contribution in [3.05, 3.63) is 527 Å². The summed E-state index contributed by atoms with van der Waals surface area (Å²) in [7, 11) is 0. The topological polar surface area (TPSA) is 0 Å². The second-order valence-corrected chi connectivity index (χ2v) is 44.5. The van der Waals surface area contributed by atoms with Crippen LogP contribution in [-0.4, -0.2) is 0 Å². The molecule has 710 valence electrons. The molecule has 4 aliphatic rings. The first kappa shape index (κ1) is 90.6. The molecule has 149 heavy (non-hydrogen) atoms. The summed E-state index contributed by atoms with van der Waals surface area (Å²) < 4.78 is 0. The molecule has 0 spiro atoms. The van der Waals surface area contributed by atoms with Crippen LogP contribution in [0.3, 0.4) is 0 Å². The van der Waals surface area contributed by atoms with Gasteiger partial charge in [0.2, 0.25) is 0 Å². The van der Waals surface area contributed by atoms with Crippen molar-refractivity contribution in [1.82, 2.24) is 0 Å². The molecule has 0 atom stereocenters. The van der Waals surface area contributed by atoms with Crippen molar-refractivity contribution < 1.29 is 0 Å². The number of aryl methyl sites for hydroxylation is 4. The van der Waals surface area contributed by atoms with Crippen molar-refractivity contribution >= 4 is 97.0 Å². The van der Waals surface area contributed by atoms with Crippen LogP contribution in [0.1, 0.15) is 128 Å². The van der Waals surface area contributed by atoms with Crippen LogP contribution in [0, 0.1) is 34.6 Å². The summed E-state index contributed by atoms with van der Waals surface area (Å²) in [6.45, 7) is 30.2. The van der Waals surface area contributed by atoms with E-state index in [1.165, 1.54) is 314 Å². The zero-order valence-electron chi connectivity index (χ0n) is 86.8. The Kier molecular flexibility index (Phi) is 21.0. The molecule has 29 rings (SSSR count). The third-order valence-corrected chi connectivity index (χ3v) is 34.8. The predicted molar refractivity (Wildman–Crippen MR) is 640 cm³/mol. The molecular formula is C149H114. The lowest BCUT2D eigenvalue weighted by Crippen LogP contribution is -2.14. The Bertz CT molecular complexity index is 10000. The fraction of sp³-hybridized carbons (Fsp3) is 0.114. The van der Waals surface area contributed by atoms with Crippen molar-refractivity contribution in [2.75, 3.05) is 0 Å². The zero-order chi connectivity index (χ0) is 101. The van der Waals surface area contributed by atoms with Gasteiger partial charge in [-0.25, -0.2) is 0 Å². The van der Waals surface area contributed by atoms with Crippen LogP contribution >= 0.6 is 0 Å². The van der Waals surface area contributed by atoms with Crippen molar-refractivity contribution in [3.63, 3.8) is 0 Å². The smallest absolute Gasteiger partial charge is 0.0159 e. The van der Waals surface area contributed by atoms with E-state index in [-0.39, 0.29) is 21.7 Å². The molecule has 0 saturated heterocycles. The maximum atomic E-state index is 2.49. The van der Waals surface area contributed by atoms with Gasteiger partial charge in [-0.1, -0.05) is 468 Å². The van der Waals surface area contributed by atoms with Crippen molar-refractivity contribution in [2.24, 2.45) is 0 Å². The molecule has 0 fully saturated rings. The highest BCUT2D eigenvalue weighted by molar-refractivity contribution is 6.27. The van der Waals surface area contributed by atoms with Crippen molar-refractivity contribution in [1.29, 1.82) is 0 Å². The zero-order valence-corrected chi connectivity index (χ0v) is 86.8. The Morgan fingerprint density at radius 2 is 0.362 bits per heavy atom. The predicted octanol–water partition coefficient (Wildman–Crippen LogP) is 41.2. The molecule has 0 heterocycles. The molecule has 0 heteroatoms. The molecule has 0 amide bonds. The summed E-state index contributed by atoms with van der Waals surface area (Å²) in [5.41, 5.74) is 51.5. The van der Waals surface area contributed by atoms with Gasteiger partial charge in [0.05, 0.1) is 0 Å². The number of hydrogen-bond acceptors (Lipinski definition) is 0. The average Bonchev–Trinajstić information content (AvgIpc) is 1.64. The monoisotopic (exact) mass is 1900 g/mol. The van der Waals surface area contributed by atoms with E-state index in [2.05, 4.69) is 545 Å². The molecule has 0 aromatic heterocycles. The van der Waals surface area contributed by atoms with Gasteiger partial charge in [0.15, 0.2) is 0 Å². The summed E-state index contributed by atoms with van der Waals surface area (Å²) in [6, 6.07) is 171. The third-order valence-electron chi connectivity index (χ3n) is 34.8. The van der Waals surface area contributed by atoms with Gasteiger partial charge in [-0.05, 0) is 391 Å². The first-order valence-electron chi connectivity index (χ1n) is 53.1. The fourth-order valence-corrected chi connectivity index (χ4v) is 26.8. The number of fused-ring (bicyclic) bond motifs is 21. The van der Waals surface area contributed by atoms with Gasteiger partial charge in [0, 0.05) is 21.7 Å². The second-order valence-electron chi connectivity index (χ2n) is 44.5. The standard InChI is InChI=1S/C54H40.C48H38.C47H36/c1-53(2)47-22-12-10-19-43(47)52-44(20-13-23-48(52)53)51-41-18-8-7-17-40(41)50(37-27-28-39-38-16-9-11-21-46(38)54(3,4)49(39)32-37)42-29-26-36(31-45(42)51)35-25-24-33-14-5-6-15-34(33)30-35;1-29-25-36(26-30(2)31(29)3)45-37-15-8-9-16-38(37)46(41-18-12-20-44-47(41)40-17-10-11-19-43(40)48(44,4)5)42-28-35(23-24-39(42)45)34-22-21-32-13-6-7-14-33(32)27-34;1-29-20-21-35(26-30(29)2)44-36-14-7-8-15-37(36)45(40-17-11-19-43-46(40)39-16-9-10-18-42(39)47(43,3)4)41-28-34(24-25-38(41)44)33-23-22-31-12-5-6-13-32(31)27-33/h5-32H,1-4H3;6-28H,1-5H3;5-28H,1-4H3. The van der Waals surface area contributed by atoms with Gasteiger partial charge < -0.3 is 0 Å². The number of benzene rings is 25. The Hall–Kier alpha value is -17.2. The molecule has 0 N–H and O–H groups in total. The Labute approximate surface area is 874 Å². The third kappa shape index (κ3) is 14.2. The molecule has 0 bridgehead atoms. The normalized spacial score (nSPS) is 13.8. The molecule has 0 saturated carbocycles. The lowest BCUT2D eigenvalue weighted by atomic mass is 9.79. The van der Waals surface area contributed by atoms with Gasteiger partial charge in [-0.2, -0.15) is 0 Å². The van der Waals surface area contributed by atoms with E-state index in [4.69, 9.17) is 0 Å². The second kappa shape index (κ2) is 34.5. The van der Waals surface area contributed by atoms with E-state index in [1.807, 2.05) is 0 Å². The van der Waals surface area contributed by atoms with Crippen LogP contribution in [0.25, 0.3) is 242 Å². The van der Waals surface area contributed by atoms with E-state index < -0.39 is 0 Å². The molecule has 4 aliphatic carbocycles. The van der Waals surface area contributed by atoms with E-state index in [1.54, 1.807) is 0 Å². The Balaban J connectivity index is 0.000000110. The van der Waals surface area contributed by atoms with Crippen molar-refractivity contribution in [3.8, 4) is 145 Å². The highest BCUT2D eigenvalue weighted by Crippen LogP contribution is 2.61. The summed E-state index contributed by atoms with van der Waals surface area (Å²) in [5.74, 6) is 0. The molecule has 0 unspecified atom stereocenters. The molecule has 0 nitrogen and oxygen atoms in total. The minimum Gasteiger partial charge on any atom is -0.0619 e. The highest BCUT2D eigenvalue weighted by Gasteiger charge is 2.42. The average molecular weight is 1900 g/mol. The lowest BCUT2D eigenvalue weighted by molar-refractivity contribution is 0.660. The summed E-state index contributed by atoms with van der Waals surface area (Å²) in [5, 5.41) is 23.1. The van der Waals surface area contributed by atoms with Gasteiger partial charge in [-0.3, -0.25) is 0 Å². The molecule has 25 aromatic rings. The molecule has 0 radical (unpaired) electrons. The summed E-state index contributed by atoms with van der Waals surface area (Å²) in [6.07, 6.45) is 0. The minimum atomic E-state index is -0.0848. The summed E-state index contributed by atoms with van der Waals surface area (Å²) in [4.78, 5) is 0. The van der Waals surface area contributed by atoms with Crippen molar-refractivity contribution in [2.45, 2.75) is 112 Å². The molecular weight excluding hydrogens is 1790 g/mol. The number of rotatable bonds is 9. The van der Waals surface area contributed by atoms with Gasteiger partial charge in [0.1, 0.15) is 0 Å². The quantitative estimate of drug-likeness (QED) is 0.126. The SMILES string of the molecule is CC1(C)c2ccccc2-c2ccc(-c3c4ccccc4c(-c4cccc5c4-c4ccccc4C5(C)C)c4cc(-c5ccc6ccccc6c5)ccc34)cc21.Cc1cc(-c2c3ccccc3c(-c3cccc4c3-c3ccccc3C4(C)C)c3cc(-c4ccc5ccccc5c4)ccc23)cc(C)c1C.Cc1ccc(-c2c3ccccc3c(-c3cccc4c3-c3ccccc3C4(C)C)c3cc(-c4ccc5ccccc5c4)ccc23)cc1C. The van der Waals surface area contributed by atoms with E-state index in [9.17, 15) is 0 Å². The largest absolute Gasteiger partial charge is 0.0619 e. The lowest BCUT2D eigenvalue weighted by Gasteiger charge is -2.24.